The van der Waals surface area contributed by atoms with Crippen LogP contribution >= 0.6 is 23.4 Å². The average molecular weight is 217 g/mol. The van der Waals surface area contributed by atoms with Crippen molar-refractivity contribution in [1.29, 1.82) is 0 Å². The molecule has 0 atom stereocenters. The Hall–Kier alpha value is -0.180. The van der Waals surface area contributed by atoms with Crippen molar-refractivity contribution in [3.05, 3.63) is 34.9 Å². The molecule has 1 nitrogen and oxygen atoms in total. The van der Waals surface area contributed by atoms with Crippen LogP contribution in [0.1, 0.15) is 12.0 Å². The molecule has 0 aliphatic rings. The van der Waals surface area contributed by atoms with E-state index in [1.807, 2.05) is 36.0 Å². The van der Waals surface area contributed by atoms with Crippen molar-refractivity contribution in [3.8, 4) is 0 Å². The molecule has 0 saturated heterocycles. The minimum atomic E-state index is 0.285. The van der Waals surface area contributed by atoms with E-state index in [2.05, 4.69) is 0 Å². The predicted molar refractivity (Wildman–Crippen MR) is 59.3 cm³/mol. The van der Waals surface area contributed by atoms with Crippen molar-refractivity contribution in [1.82, 2.24) is 0 Å². The van der Waals surface area contributed by atoms with Crippen molar-refractivity contribution in [2.45, 2.75) is 12.2 Å². The Morgan fingerprint density at radius 1 is 1.23 bits per heavy atom. The zero-order valence-corrected chi connectivity index (χ0v) is 8.94. The summed E-state index contributed by atoms with van der Waals surface area (Å²) in [7, 11) is 0. The molecule has 0 spiro atoms. The van der Waals surface area contributed by atoms with E-state index in [4.69, 9.17) is 16.7 Å². The van der Waals surface area contributed by atoms with Gasteiger partial charge in [0.2, 0.25) is 0 Å². The van der Waals surface area contributed by atoms with Crippen LogP contribution in [0.25, 0.3) is 0 Å². The number of benzene rings is 1. The second kappa shape index (κ2) is 6.30. The fraction of sp³-hybridized carbons (Fsp3) is 0.400. The molecule has 0 saturated carbocycles. The van der Waals surface area contributed by atoms with Gasteiger partial charge in [0.25, 0.3) is 0 Å². The lowest BCUT2D eigenvalue weighted by atomic mass is 10.2. The van der Waals surface area contributed by atoms with Crippen LogP contribution in [-0.2, 0) is 5.75 Å². The van der Waals surface area contributed by atoms with E-state index < -0.39 is 0 Å². The molecule has 1 N–H and O–H groups in total. The summed E-state index contributed by atoms with van der Waals surface area (Å²) in [5.41, 5.74) is 1.28. The summed E-state index contributed by atoms with van der Waals surface area (Å²) in [5.74, 6) is 2.01. The van der Waals surface area contributed by atoms with E-state index in [0.717, 1.165) is 22.9 Å². The van der Waals surface area contributed by atoms with E-state index in [9.17, 15) is 0 Å². The van der Waals surface area contributed by atoms with Gasteiger partial charge in [-0.3, -0.25) is 0 Å². The Morgan fingerprint density at radius 2 is 1.92 bits per heavy atom. The van der Waals surface area contributed by atoms with Gasteiger partial charge in [-0.1, -0.05) is 23.7 Å². The monoisotopic (exact) mass is 216 g/mol. The van der Waals surface area contributed by atoms with Crippen molar-refractivity contribution in [2.75, 3.05) is 12.4 Å². The predicted octanol–water partition coefficient (Wildman–Crippen LogP) is 2.96. The molecule has 0 bridgehead atoms. The smallest absolute Gasteiger partial charge is 0.0438 e. The van der Waals surface area contributed by atoms with Crippen LogP contribution in [0.2, 0.25) is 5.02 Å². The van der Waals surface area contributed by atoms with Crippen LogP contribution in [0.3, 0.4) is 0 Å². The number of aliphatic hydroxyl groups is 1. The lowest BCUT2D eigenvalue weighted by Crippen LogP contribution is -1.87. The third-order valence-corrected chi connectivity index (χ3v) is 3.00. The number of hydrogen-bond acceptors (Lipinski definition) is 2. The van der Waals surface area contributed by atoms with Crippen LogP contribution in [0.5, 0.6) is 0 Å². The molecule has 3 heteroatoms. The number of thioether (sulfide) groups is 1. The standard InChI is InChI=1S/C10H13ClOS/c11-10-4-2-9(3-5-10)8-13-7-1-6-12/h2-5,12H,1,6-8H2. The van der Waals surface area contributed by atoms with Gasteiger partial charge >= 0.3 is 0 Å². The minimum Gasteiger partial charge on any atom is -0.396 e. The van der Waals surface area contributed by atoms with Crippen LogP contribution in [0.4, 0.5) is 0 Å². The van der Waals surface area contributed by atoms with E-state index in [-0.39, 0.29) is 6.61 Å². The molecule has 0 heterocycles. The van der Waals surface area contributed by atoms with Gasteiger partial charge in [0, 0.05) is 17.4 Å². The van der Waals surface area contributed by atoms with Crippen LogP contribution in [0.15, 0.2) is 24.3 Å². The topological polar surface area (TPSA) is 20.2 Å². The average Bonchev–Trinajstić information content (AvgIpc) is 2.15. The highest BCUT2D eigenvalue weighted by atomic mass is 35.5. The molecule has 0 aliphatic carbocycles. The molecular formula is C10H13ClOS. The van der Waals surface area contributed by atoms with Crippen molar-refractivity contribution < 1.29 is 5.11 Å². The first-order valence-corrected chi connectivity index (χ1v) is 5.79. The SMILES string of the molecule is OCCCSCc1ccc(Cl)cc1. The van der Waals surface area contributed by atoms with Gasteiger partial charge < -0.3 is 5.11 Å². The van der Waals surface area contributed by atoms with Crippen LogP contribution in [-0.4, -0.2) is 17.5 Å². The third kappa shape index (κ3) is 4.55. The molecule has 13 heavy (non-hydrogen) atoms. The first-order chi connectivity index (χ1) is 6.33. The largest absolute Gasteiger partial charge is 0.396 e. The molecule has 0 unspecified atom stereocenters. The zero-order chi connectivity index (χ0) is 9.52. The van der Waals surface area contributed by atoms with Crippen molar-refractivity contribution >= 4 is 23.4 Å². The molecule has 72 valence electrons. The molecule has 0 fully saturated rings. The Morgan fingerprint density at radius 3 is 2.54 bits per heavy atom. The Bertz CT molecular complexity index is 235. The summed E-state index contributed by atoms with van der Waals surface area (Å²) in [6.45, 7) is 0.285. The number of rotatable bonds is 5. The first kappa shape index (κ1) is 10.9. The van der Waals surface area contributed by atoms with E-state index >= 15 is 0 Å². The highest BCUT2D eigenvalue weighted by Crippen LogP contribution is 2.15. The summed E-state index contributed by atoms with van der Waals surface area (Å²) in [6.07, 6.45) is 0.873. The second-order valence-electron chi connectivity index (χ2n) is 2.76. The number of aliphatic hydroxyl groups excluding tert-OH is 1. The Kier molecular flexibility index (Phi) is 5.28. The summed E-state index contributed by atoms with van der Waals surface area (Å²) in [6, 6.07) is 7.88. The van der Waals surface area contributed by atoms with Gasteiger partial charge in [0.1, 0.15) is 0 Å². The van der Waals surface area contributed by atoms with E-state index in [0.29, 0.717) is 0 Å². The van der Waals surface area contributed by atoms with Crippen molar-refractivity contribution in [3.63, 3.8) is 0 Å². The van der Waals surface area contributed by atoms with Gasteiger partial charge in [-0.15, -0.1) is 0 Å². The lowest BCUT2D eigenvalue weighted by molar-refractivity contribution is 0.296. The van der Waals surface area contributed by atoms with E-state index in [1.165, 1.54) is 5.56 Å². The van der Waals surface area contributed by atoms with Crippen molar-refractivity contribution in [2.24, 2.45) is 0 Å². The summed E-state index contributed by atoms with van der Waals surface area (Å²) >= 11 is 7.59. The summed E-state index contributed by atoms with van der Waals surface area (Å²) < 4.78 is 0. The molecule has 0 aromatic heterocycles. The normalized spacial score (nSPS) is 10.3. The van der Waals surface area contributed by atoms with Gasteiger partial charge in [0.15, 0.2) is 0 Å². The number of halogens is 1. The molecular weight excluding hydrogens is 204 g/mol. The molecule has 0 amide bonds. The Labute approximate surface area is 88.1 Å². The van der Waals surface area contributed by atoms with Gasteiger partial charge in [-0.05, 0) is 29.9 Å². The van der Waals surface area contributed by atoms with E-state index in [1.54, 1.807) is 0 Å². The van der Waals surface area contributed by atoms with Gasteiger partial charge in [-0.2, -0.15) is 11.8 Å². The highest BCUT2D eigenvalue weighted by molar-refractivity contribution is 7.98. The fourth-order valence-electron chi connectivity index (χ4n) is 0.937. The zero-order valence-electron chi connectivity index (χ0n) is 7.37. The summed E-state index contributed by atoms with van der Waals surface area (Å²) in [5, 5.41) is 9.35. The maximum absolute atomic E-state index is 8.57. The first-order valence-electron chi connectivity index (χ1n) is 4.26. The molecule has 1 rings (SSSR count). The summed E-state index contributed by atoms with van der Waals surface area (Å²) in [4.78, 5) is 0. The third-order valence-electron chi connectivity index (χ3n) is 1.63. The minimum absolute atomic E-state index is 0.285. The molecule has 0 radical (unpaired) electrons. The van der Waals surface area contributed by atoms with Crippen LogP contribution < -0.4 is 0 Å². The maximum atomic E-state index is 8.57. The van der Waals surface area contributed by atoms with Gasteiger partial charge in [-0.25, -0.2) is 0 Å². The fourth-order valence-corrected chi connectivity index (χ4v) is 1.97. The molecule has 1 aromatic rings. The molecule has 1 aromatic carbocycles. The van der Waals surface area contributed by atoms with Gasteiger partial charge in [0.05, 0.1) is 0 Å². The maximum Gasteiger partial charge on any atom is 0.0438 e. The van der Waals surface area contributed by atoms with Crippen LogP contribution in [0, 0.1) is 0 Å². The molecule has 0 aliphatic heterocycles. The lowest BCUT2D eigenvalue weighted by Gasteiger charge is -2.00. The quantitative estimate of drug-likeness (QED) is 0.764. The second-order valence-corrected chi connectivity index (χ2v) is 4.30. The highest BCUT2D eigenvalue weighted by Gasteiger charge is 1.93. The number of hydrogen-bond donors (Lipinski definition) is 1. The Balaban J connectivity index is 2.25.